The molecule has 0 saturated carbocycles. The van der Waals surface area contributed by atoms with Crippen LogP contribution in [0.25, 0.3) is 0 Å². The number of benzene rings is 1. The van der Waals surface area contributed by atoms with Crippen LogP contribution in [0.5, 0.6) is 5.75 Å². The molecule has 0 spiro atoms. The lowest BCUT2D eigenvalue weighted by molar-refractivity contribution is -0.137. The molecule has 7 heteroatoms. The highest BCUT2D eigenvalue weighted by Gasteiger charge is 2.37. The van der Waals surface area contributed by atoms with Gasteiger partial charge in [-0.3, -0.25) is 19.3 Å². The lowest BCUT2D eigenvalue weighted by atomic mass is 10.1. The largest absolute Gasteiger partial charge is 0.494 e. The maximum absolute atomic E-state index is 12.2. The zero-order valence-electron chi connectivity index (χ0n) is 11.9. The highest BCUT2D eigenvalue weighted by molar-refractivity contribution is 6.08. The summed E-state index contributed by atoms with van der Waals surface area (Å²) >= 11 is 0. The topological polar surface area (TPSA) is 102 Å². The van der Waals surface area contributed by atoms with E-state index in [4.69, 9.17) is 10.5 Å². The molecule has 1 unspecified atom stereocenters. The third-order valence-corrected chi connectivity index (χ3v) is 3.19. The maximum atomic E-state index is 12.2. The van der Waals surface area contributed by atoms with Crippen molar-refractivity contribution in [2.75, 3.05) is 19.4 Å². The Kier molecular flexibility index (Phi) is 4.11. The van der Waals surface area contributed by atoms with E-state index >= 15 is 0 Å². The summed E-state index contributed by atoms with van der Waals surface area (Å²) in [5, 5.41) is 2.54. The molecule has 0 aromatic heterocycles. The molecule has 1 atom stereocenters. The smallest absolute Gasteiger partial charge is 0.252 e. The molecule has 3 N–H and O–H groups in total. The van der Waals surface area contributed by atoms with Gasteiger partial charge in [0.2, 0.25) is 5.91 Å². The molecule has 1 aromatic carbocycles. The number of nitrogens with zero attached hydrogens (tertiary/aromatic N) is 1. The second-order valence-electron chi connectivity index (χ2n) is 4.74. The number of imide groups is 1. The van der Waals surface area contributed by atoms with Gasteiger partial charge >= 0.3 is 0 Å². The minimum atomic E-state index is -0.827. The van der Waals surface area contributed by atoms with Gasteiger partial charge < -0.3 is 15.8 Å². The molecule has 7 nitrogen and oxygen atoms in total. The van der Waals surface area contributed by atoms with E-state index in [-0.39, 0.29) is 17.9 Å². The Bertz CT molecular complexity index is 600. The van der Waals surface area contributed by atoms with Gasteiger partial charge in [-0.1, -0.05) is 0 Å². The molecule has 1 fully saturated rings. The number of nitrogen functional groups attached to an aromatic ring is 1. The van der Waals surface area contributed by atoms with Gasteiger partial charge in [-0.05, 0) is 19.1 Å². The van der Waals surface area contributed by atoms with Crippen LogP contribution in [0.15, 0.2) is 18.2 Å². The van der Waals surface area contributed by atoms with Gasteiger partial charge in [0.25, 0.3) is 11.8 Å². The fourth-order valence-corrected chi connectivity index (χ4v) is 2.11. The van der Waals surface area contributed by atoms with E-state index in [2.05, 4.69) is 5.32 Å². The Labute approximate surface area is 122 Å². The van der Waals surface area contributed by atoms with E-state index in [1.165, 1.54) is 13.1 Å². The van der Waals surface area contributed by atoms with Crippen molar-refractivity contribution in [3.05, 3.63) is 23.8 Å². The molecule has 1 saturated heterocycles. The van der Waals surface area contributed by atoms with Crippen molar-refractivity contribution >= 4 is 23.4 Å². The first-order chi connectivity index (χ1) is 9.92. The van der Waals surface area contributed by atoms with Gasteiger partial charge in [0, 0.05) is 24.4 Å². The van der Waals surface area contributed by atoms with Crippen molar-refractivity contribution in [2.45, 2.75) is 19.4 Å². The molecule has 21 heavy (non-hydrogen) atoms. The third-order valence-electron chi connectivity index (χ3n) is 3.19. The SMILES string of the molecule is CCOc1cc(N)cc(C(=O)NC2CC(=O)N(C)C2=O)c1. The first kappa shape index (κ1) is 14.8. The number of hydrogen-bond donors (Lipinski definition) is 2. The van der Waals surface area contributed by atoms with Crippen molar-refractivity contribution in [3.63, 3.8) is 0 Å². The predicted molar refractivity (Wildman–Crippen MR) is 75.7 cm³/mol. The first-order valence-electron chi connectivity index (χ1n) is 6.57. The standard InChI is InChI=1S/C14H17N3O4/c1-3-21-10-5-8(4-9(15)6-10)13(19)16-11-7-12(18)17(2)14(11)20/h4-6,11H,3,7,15H2,1-2H3,(H,16,19). The molecule has 0 radical (unpaired) electrons. The highest BCUT2D eigenvalue weighted by atomic mass is 16.5. The number of amides is 3. The molecule has 1 aromatic rings. The third kappa shape index (κ3) is 3.13. The van der Waals surface area contributed by atoms with Crippen LogP contribution in [-0.4, -0.2) is 42.3 Å². The van der Waals surface area contributed by atoms with Crippen LogP contribution in [-0.2, 0) is 9.59 Å². The van der Waals surface area contributed by atoms with Gasteiger partial charge in [0.1, 0.15) is 11.8 Å². The summed E-state index contributed by atoms with van der Waals surface area (Å²) in [6.45, 7) is 2.27. The normalized spacial score (nSPS) is 18.0. The number of likely N-dealkylation sites (tertiary alicyclic amines) is 1. The number of hydrogen-bond acceptors (Lipinski definition) is 5. The van der Waals surface area contributed by atoms with Gasteiger partial charge in [0.05, 0.1) is 13.0 Å². The van der Waals surface area contributed by atoms with Gasteiger partial charge in [-0.2, -0.15) is 0 Å². The lowest BCUT2D eigenvalue weighted by Gasteiger charge is -2.12. The van der Waals surface area contributed by atoms with Crippen molar-refractivity contribution in [1.29, 1.82) is 0 Å². The van der Waals surface area contributed by atoms with E-state index in [0.29, 0.717) is 18.0 Å². The van der Waals surface area contributed by atoms with Gasteiger partial charge in [0.15, 0.2) is 0 Å². The summed E-state index contributed by atoms with van der Waals surface area (Å²) in [7, 11) is 1.39. The molecule has 3 amide bonds. The maximum Gasteiger partial charge on any atom is 0.252 e. The number of carbonyl (C=O) groups is 3. The van der Waals surface area contributed by atoms with Gasteiger partial charge in [-0.25, -0.2) is 0 Å². The number of nitrogens with one attached hydrogen (secondary N) is 1. The monoisotopic (exact) mass is 291 g/mol. The number of ether oxygens (including phenoxy) is 1. The molecule has 0 aliphatic carbocycles. The second-order valence-corrected chi connectivity index (χ2v) is 4.74. The Morgan fingerprint density at radius 3 is 2.71 bits per heavy atom. The van der Waals surface area contributed by atoms with E-state index in [1.807, 2.05) is 6.92 Å². The minimum Gasteiger partial charge on any atom is -0.494 e. The Morgan fingerprint density at radius 1 is 1.43 bits per heavy atom. The van der Waals surface area contributed by atoms with E-state index in [0.717, 1.165) is 4.90 Å². The molecule has 1 heterocycles. The summed E-state index contributed by atoms with van der Waals surface area (Å²) in [4.78, 5) is 36.4. The Hall–Kier alpha value is -2.57. The van der Waals surface area contributed by atoms with Crippen LogP contribution in [0.1, 0.15) is 23.7 Å². The molecule has 2 rings (SSSR count). The zero-order valence-corrected chi connectivity index (χ0v) is 11.9. The van der Waals surface area contributed by atoms with Crippen molar-refractivity contribution in [1.82, 2.24) is 10.2 Å². The van der Waals surface area contributed by atoms with Crippen LogP contribution in [0.3, 0.4) is 0 Å². The van der Waals surface area contributed by atoms with Crippen LogP contribution in [0.2, 0.25) is 0 Å². The number of likely N-dealkylation sites (N-methyl/N-ethyl adjacent to an activating group) is 1. The molecule has 0 bridgehead atoms. The summed E-state index contributed by atoms with van der Waals surface area (Å²) in [6, 6.07) is 3.81. The number of rotatable bonds is 4. The average Bonchev–Trinajstić information content (AvgIpc) is 2.66. The summed E-state index contributed by atoms with van der Waals surface area (Å²) in [6.07, 6.45) is -0.0261. The zero-order chi connectivity index (χ0) is 15.6. The Balaban J connectivity index is 2.14. The van der Waals surface area contributed by atoms with E-state index < -0.39 is 17.9 Å². The molecule has 1 aliphatic heterocycles. The van der Waals surface area contributed by atoms with Crippen LogP contribution in [0.4, 0.5) is 5.69 Å². The number of anilines is 1. The van der Waals surface area contributed by atoms with Crippen molar-refractivity contribution in [2.24, 2.45) is 0 Å². The second kappa shape index (κ2) is 5.82. The number of carbonyl (C=O) groups excluding carboxylic acids is 3. The number of nitrogens with two attached hydrogens (primary N) is 1. The average molecular weight is 291 g/mol. The highest BCUT2D eigenvalue weighted by Crippen LogP contribution is 2.19. The van der Waals surface area contributed by atoms with Crippen molar-refractivity contribution < 1.29 is 19.1 Å². The van der Waals surface area contributed by atoms with Crippen molar-refractivity contribution in [3.8, 4) is 5.75 Å². The van der Waals surface area contributed by atoms with Gasteiger partial charge in [-0.15, -0.1) is 0 Å². The summed E-state index contributed by atoms with van der Waals surface area (Å²) < 4.78 is 5.31. The molecule has 1 aliphatic rings. The molecular formula is C14H17N3O4. The first-order valence-corrected chi connectivity index (χ1v) is 6.57. The predicted octanol–water partition coefficient (Wildman–Crippen LogP) is 0.155. The summed E-state index contributed by atoms with van der Waals surface area (Å²) in [5.74, 6) is -0.714. The van der Waals surface area contributed by atoms with Crippen LogP contribution < -0.4 is 15.8 Å². The minimum absolute atomic E-state index is 0.0261. The molecule has 112 valence electrons. The summed E-state index contributed by atoms with van der Waals surface area (Å²) in [5.41, 5.74) is 6.39. The van der Waals surface area contributed by atoms with Crippen LogP contribution >= 0.6 is 0 Å². The van der Waals surface area contributed by atoms with E-state index in [9.17, 15) is 14.4 Å². The van der Waals surface area contributed by atoms with E-state index in [1.54, 1.807) is 12.1 Å². The van der Waals surface area contributed by atoms with Crippen LogP contribution in [0, 0.1) is 0 Å². The molecular weight excluding hydrogens is 274 g/mol. The lowest BCUT2D eigenvalue weighted by Crippen LogP contribution is -2.40. The fourth-order valence-electron chi connectivity index (χ4n) is 2.11. The fraction of sp³-hybridized carbons (Fsp3) is 0.357. The quantitative estimate of drug-likeness (QED) is 0.607. The Morgan fingerprint density at radius 2 is 2.14 bits per heavy atom.